The third kappa shape index (κ3) is 5.62. The molecule has 17 heavy (non-hydrogen) atoms. The van der Waals surface area contributed by atoms with Gasteiger partial charge in [0, 0.05) is 0 Å². The van der Waals surface area contributed by atoms with Crippen LogP contribution in [-0.2, 0) is 0 Å². The van der Waals surface area contributed by atoms with E-state index in [1.165, 1.54) is 0 Å². The van der Waals surface area contributed by atoms with Gasteiger partial charge in [-0.15, -0.1) is 12.4 Å². The third-order valence-corrected chi connectivity index (χ3v) is 1.64. The third-order valence-electron chi connectivity index (χ3n) is 1.64. The van der Waals surface area contributed by atoms with Gasteiger partial charge in [0.05, 0.1) is 12.3 Å². The fraction of sp³-hybridized carbons (Fsp3) is 0.200. The maximum atomic E-state index is 5.47. The van der Waals surface area contributed by atoms with E-state index in [2.05, 4.69) is 9.98 Å². The van der Waals surface area contributed by atoms with Crippen molar-refractivity contribution in [2.75, 3.05) is 6.61 Å². The number of nitrogens with two attached hydrogens (primary N) is 3. The molecule has 0 heterocycles. The SMILES string of the molecule is CCOc1ccc(N=C(N)N=C(N)N)cc1.Cl. The zero-order valence-electron chi connectivity index (χ0n) is 9.46. The molecule has 1 rings (SSSR count). The predicted molar refractivity (Wildman–Crippen MR) is 72.0 cm³/mol. The van der Waals surface area contributed by atoms with Crippen molar-refractivity contribution >= 4 is 30.0 Å². The van der Waals surface area contributed by atoms with Gasteiger partial charge in [-0.3, -0.25) is 0 Å². The first-order chi connectivity index (χ1) is 7.61. The van der Waals surface area contributed by atoms with E-state index in [0.717, 1.165) is 5.75 Å². The summed E-state index contributed by atoms with van der Waals surface area (Å²) in [6.07, 6.45) is 0. The zero-order valence-corrected chi connectivity index (χ0v) is 10.3. The van der Waals surface area contributed by atoms with Crippen molar-refractivity contribution in [3.05, 3.63) is 24.3 Å². The number of halogens is 1. The van der Waals surface area contributed by atoms with E-state index < -0.39 is 0 Å². The molecule has 0 unspecified atom stereocenters. The standard InChI is InChI=1S/C10H15N5O.ClH/c1-2-16-8-5-3-7(4-6-8)14-10(13)15-9(11)12;/h3-6H,2H2,1H3,(H6,11,12,13,14,15);1H. The fourth-order valence-electron chi connectivity index (χ4n) is 1.07. The summed E-state index contributed by atoms with van der Waals surface area (Å²) in [6, 6.07) is 7.12. The monoisotopic (exact) mass is 257 g/mol. The summed E-state index contributed by atoms with van der Waals surface area (Å²) in [7, 11) is 0. The minimum atomic E-state index is -0.118. The highest BCUT2D eigenvalue weighted by atomic mass is 35.5. The van der Waals surface area contributed by atoms with Crippen LogP contribution < -0.4 is 21.9 Å². The number of hydrogen-bond donors (Lipinski definition) is 3. The Hall–Kier alpha value is -1.95. The Balaban J connectivity index is 0.00000256. The molecule has 0 amide bonds. The van der Waals surface area contributed by atoms with Crippen molar-refractivity contribution in [3.63, 3.8) is 0 Å². The van der Waals surface area contributed by atoms with Crippen LogP contribution in [0.4, 0.5) is 5.69 Å². The summed E-state index contributed by atoms with van der Waals surface area (Å²) in [5.41, 5.74) is 16.4. The molecule has 0 saturated carbocycles. The molecule has 94 valence electrons. The average molecular weight is 258 g/mol. The summed E-state index contributed by atoms with van der Waals surface area (Å²) in [6.45, 7) is 2.54. The molecule has 0 radical (unpaired) electrons. The first-order valence-electron chi connectivity index (χ1n) is 4.78. The van der Waals surface area contributed by atoms with Crippen LogP contribution in [0.5, 0.6) is 5.75 Å². The Morgan fingerprint density at radius 1 is 1.18 bits per heavy atom. The predicted octanol–water partition coefficient (Wildman–Crippen LogP) is 0.727. The largest absolute Gasteiger partial charge is 0.494 e. The molecule has 0 atom stereocenters. The van der Waals surface area contributed by atoms with Crippen LogP contribution in [0.3, 0.4) is 0 Å². The quantitative estimate of drug-likeness (QED) is 0.547. The second-order valence-corrected chi connectivity index (χ2v) is 2.93. The molecule has 0 aromatic heterocycles. The van der Waals surface area contributed by atoms with Crippen molar-refractivity contribution in [1.29, 1.82) is 0 Å². The van der Waals surface area contributed by atoms with Gasteiger partial charge < -0.3 is 21.9 Å². The molecule has 0 aliphatic heterocycles. The number of rotatable bonds is 3. The maximum Gasteiger partial charge on any atom is 0.223 e. The molecule has 0 aliphatic carbocycles. The summed E-state index contributed by atoms with van der Waals surface area (Å²) in [5.74, 6) is 0.679. The lowest BCUT2D eigenvalue weighted by Crippen LogP contribution is -2.26. The van der Waals surface area contributed by atoms with Gasteiger partial charge in [0.15, 0.2) is 5.96 Å². The van der Waals surface area contributed by atoms with Crippen LogP contribution in [0.25, 0.3) is 0 Å². The highest BCUT2D eigenvalue weighted by Crippen LogP contribution is 2.17. The molecule has 0 saturated heterocycles. The summed E-state index contributed by atoms with van der Waals surface area (Å²) < 4.78 is 5.28. The molecule has 1 aromatic carbocycles. The van der Waals surface area contributed by atoms with E-state index in [1.54, 1.807) is 24.3 Å². The molecular formula is C10H16ClN5O. The fourth-order valence-corrected chi connectivity index (χ4v) is 1.07. The van der Waals surface area contributed by atoms with Gasteiger partial charge in [0.1, 0.15) is 5.75 Å². The van der Waals surface area contributed by atoms with Gasteiger partial charge in [-0.05, 0) is 31.2 Å². The number of nitrogens with zero attached hydrogens (tertiary/aromatic N) is 2. The maximum absolute atomic E-state index is 5.47. The van der Waals surface area contributed by atoms with Gasteiger partial charge in [0.25, 0.3) is 0 Å². The molecule has 7 heteroatoms. The minimum Gasteiger partial charge on any atom is -0.494 e. The lowest BCUT2D eigenvalue weighted by molar-refractivity contribution is 0.340. The Morgan fingerprint density at radius 3 is 2.24 bits per heavy atom. The van der Waals surface area contributed by atoms with E-state index in [-0.39, 0.29) is 24.3 Å². The van der Waals surface area contributed by atoms with E-state index in [1.807, 2.05) is 6.92 Å². The molecular weight excluding hydrogens is 242 g/mol. The van der Waals surface area contributed by atoms with Crippen molar-refractivity contribution < 1.29 is 4.74 Å². The lowest BCUT2D eigenvalue weighted by atomic mass is 10.3. The highest BCUT2D eigenvalue weighted by Gasteiger charge is 1.94. The molecule has 1 aromatic rings. The van der Waals surface area contributed by atoms with E-state index in [4.69, 9.17) is 21.9 Å². The second kappa shape index (κ2) is 7.34. The van der Waals surface area contributed by atoms with Crippen molar-refractivity contribution in [2.45, 2.75) is 6.92 Å². The Labute approximate surface area is 106 Å². The molecule has 0 fully saturated rings. The summed E-state index contributed by atoms with van der Waals surface area (Å²) >= 11 is 0. The van der Waals surface area contributed by atoms with Crippen LogP contribution in [0.15, 0.2) is 34.3 Å². The zero-order chi connectivity index (χ0) is 12.0. The normalized spacial score (nSPS) is 10.3. The van der Waals surface area contributed by atoms with E-state index in [0.29, 0.717) is 12.3 Å². The molecule has 0 aliphatic rings. The number of guanidine groups is 2. The summed E-state index contributed by atoms with van der Waals surface area (Å²) in [5, 5.41) is 0. The Morgan fingerprint density at radius 2 is 1.76 bits per heavy atom. The van der Waals surface area contributed by atoms with Gasteiger partial charge in [-0.1, -0.05) is 0 Å². The Kier molecular flexibility index (Phi) is 6.50. The van der Waals surface area contributed by atoms with Gasteiger partial charge >= 0.3 is 0 Å². The van der Waals surface area contributed by atoms with Crippen molar-refractivity contribution in [1.82, 2.24) is 0 Å². The number of aliphatic imine (C=N–C) groups is 2. The topological polar surface area (TPSA) is 112 Å². The van der Waals surface area contributed by atoms with Crippen molar-refractivity contribution in [3.8, 4) is 5.75 Å². The molecule has 0 spiro atoms. The van der Waals surface area contributed by atoms with Crippen LogP contribution in [0.2, 0.25) is 0 Å². The number of ether oxygens (including phenoxy) is 1. The average Bonchev–Trinajstić information content (AvgIpc) is 2.20. The van der Waals surface area contributed by atoms with Gasteiger partial charge in [-0.25, -0.2) is 4.99 Å². The Bertz CT molecular complexity index is 398. The minimum absolute atomic E-state index is 0. The van der Waals surface area contributed by atoms with Gasteiger partial charge in [-0.2, -0.15) is 4.99 Å². The second-order valence-electron chi connectivity index (χ2n) is 2.93. The van der Waals surface area contributed by atoms with E-state index >= 15 is 0 Å². The van der Waals surface area contributed by atoms with E-state index in [9.17, 15) is 0 Å². The molecule has 6 nitrogen and oxygen atoms in total. The first kappa shape index (κ1) is 15.0. The van der Waals surface area contributed by atoms with Crippen LogP contribution >= 0.6 is 12.4 Å². The lowest BCUT2D eigenvalue weighted by Gasteiger charge is -2.02. The van der Waals surface area contributed by atoms with Crippen LogP contribution in [0, 0.1) is 0 Å². The number of hydrogen-bond acceptors (Lipinski definition) is 2. The molecule has 0 bridgehead atoms. The van der Waals surface area contributed by atoms with Gasteiger partial charge in [0.2, 0.25) is 5.96 Å². The molecule has 6 N–H and O–H groups in total. The smallest absolute Gasteiger partial charge is 0.223 e. The first-order valence-corrected chi connectivity index (χ1v) is 4.78. The van der Waals surface area contributed by atoms with Crippen LogP contribution in [0.1, 0.15) is 6.92 Å². The number of benzene rings is 1. The van der Waals surface area contributed by atoms with Crippen molar-refractivity contribution in [2.24, 2.45) is 27.2 Å². The summed E-state index contributed by atoms with van der Waals surface area (Å²) in [4.78, 5) is 7.59. The highest BCUT2D eigenvalue weighted by molar-refractivity contribution is 5.93. The van der Waals surface area contributed by atoms with Crippen LogP contribution in [-0.4, -0.2) is 18.5 Å².